The number of fused-ring (bicyclic) bond motifs is 1. The molecule has 4 nitrogen and oxygen atoms in total. The topological polar surface area (TPSA) is 51.4 Å². The zero-order valence-electron chi connectivity index (χ0n) is 14.7. The minimum atomic E-state index is -0.203. The van der Waals surface area contributed by atoms with Gasteiger partial charge in [0, 0.05) is 19.6 Å². The van der Waals surface area contributed by atoms with Crippen LogP contribution in [0.1, 0.15) is 16.7 Å². The molecule has 0 radical (unpaired) electrons. The normalized spacial score (nSPS) is 14.0. The Bertz CT molecular complexity index is 962. The molecule has 1 aliphatic rings. The third kappa shape index (κ3) is 4.21. The van der Waals surface area contributed by atoms with E-state index in [0.29, 0.717) is 22.3 Å². The fourth-order valence-corrected chi connectivity index (χ4v) is 3.47. The zero-order valence-corrected chi connectivity index (χ0v) is 15.4. The lowest BCUT2D eigenvalue weighted by molar-refractivity contribution is 0.245. The van der Waals surface area contributed by atoms with Crippen molar-refractivity contribution in [1.82, 2.24) is 9.88 Å². The molecule has 0 spiro atoms. The Morgan fingerprint density at radius 3 is 2.70 bits per heavy atom. The van der Waals surface area contributed by atoms with Gasteiger partial charge >= 0.3 is 0 Å². The number of anilines is 1. The van der Waals surface area contributed by atoms with Crippen LogP contribution in [0.3, 0.4) is 0 Å². The fraction of sp³-hybridized carbons (Fsp3) is 0.190. The highest BCUT2D eigenvalue weighted by molar-refractivity contribution is 6.32. The molecule has 2 heterocycles. The predicted molar refractivity (Wildman–Crippen MR) is 104 cm³/mol. The number of hydrogen-bond acceptors (Lipinski definition) is 4. The van der Waals surface area contributed by atoms with Crippen LogP contribution in [0.15, 0.2) is 54.7 Å². The number of aromatic nitrogens is 1. The van der Waals surface area contributed by atoms with Crippen LogP contribution < -0.4 is 10.5 Å². The first-order chi connectivity index (χ1) is 13.1. The summed E-state index contributed by atoms with van der Waals surface area (Å²) in [5.74, 6) is 0.852. The maximum Gasteiger partial charge on any atom is 0.238 e. The number of nitrogens with two attached hydrogens (primary N) is 1. The van der Waals surface area contributed by atoms with Crippen LogP contribution in [0.4, 0.5) is 10.1 Å². The van der Waals surface area contributed by atoms with Crippen LogP contribution in [0.2, 0.25) is 5.02 Å². The summed E-state index contributed by atoms with van der Waals surface area (Å²) in [6.07, 6.45) is 2.45. The molecule has 2 N–H and O–H groups in total. The van der Waals surface area contributed by atoms with Crippen LogP contribution in [-0.4, -0.2) is 16.4 Å². The summed E-state index contributed by atoms with van der Waals surface area (Å²) in [6, 6.07) is 14.4. The smallest absolute Gasteiger partial charge is 0.238 e. The number of rotatable bonds is 4. The predicted octanol–water partition coefficient (Wildman–Crippen LogP) is 4.81. The summed E-state index contributed by atoms with van der Waals surface area (Å²) in [6.45, 7) is 2.60. The van der Waals surface area contributed by atoms with Crippen molar-refractivity contribution in [2.45, 2.75) is 19.5 Å². The first-order valence-corrected chi connectivity index (χ1v) is 9.12. The van der Waals surface area contributed by atoms with Crippen molar-refractivity contribution in [2.24, 2.45) is 0 Å². The summed E-state index contributed by atoms with van der Waals surface area (Å²) in [5, 5.41) is 0.387. The van der Waals surface area contributed by atoms with E-state index in [0.717, 1.165) is 31.6 Å². The van der Waals surface area contributed by atoms with Crippen LogP contribution >= 0.6 is 11.6 Å². The van der Waals surface area contributed by atoms with Crippen molar-refractivity contribution < 1.29 is 9.13 Å². The van der Waals surface area contributed by atoms with Gasteiger partial charge in [0.25, 0.3) is 0 Å². The van der Waals surface area contributed by atoms with Gasteiger partial charge < -0.3 is 10.5 Å². The number of halogens is 2. The molecule has 0 saturated heterocycles. The van der Waals surface area contributed by atoms with Gasteiger partial charge in [0.05, 0.1) is 11.9 Å². The molecule has 4 rings (SSSR count). The third-order valence-electron chi connectivity index (χ3n) is 4.63. The molecule has 0 unspecified atom stereocenters. The van der Waals surface area contributed by atoms with Gasteiger partial charge in [-0.05, 0) is 53.4 Å². The molecule has 2 aromatic carbocycles. The van der Waals surface area contributed by atoms with Crippen molar-refractivity contribution in [1.29, 1.82) is 0 Å². The van der Waals surface area contributed by atoms with Crippen molar-refractivity contribution in [2.75, 3.05) is 12.3 Å². The molecule has 0 bridgehead atoms. The average molecular weight is 384 g/mol. The quantitative estimate of drug-likeness (QED) is 0.702. The Labute approximate surface area is 162 Å². The number of ether oxygens (including phenoxy) is 1. The molecule has 0 atom stereocenters. The molecule has 0 saturated carbocycles. The molecule has 138 valence electrons. The SMILES string of the molecule is Nc1cnc(Oc2ccc3c(c2)CCN(Cc2ccc(F)cc2)C3)c(Cl)c1. The van der Waals surface area contributed by atoms with Crippen LogP contribution in [-0.2, 0) is 19.5 Å². The first kappa shape index (κ1) is 17.8. The van der Waals surface area contributed by atoms with Crippen molar-refractivity contribution in [3.05, 3.63) is 82.3 Å². The van der Waals surface area contributed by atoms with Crippen LogP contribution in [0.5, 0.6) is 11.6 Å². The minimum absolute atomic E-state index is 0.203. The van der Waals surface area contributed by atoms with E-state index >= 15 is 0 Å². The molecule has 1 aliphatic heterocycles. The summed E-state index contributed by atoms with van der Waals surface area (Å²) < 4.78 is 18.9. The Balaban J connectivity index is 1.45. The average Bonchev–Trinajstić information content (AvgIpc) is 2.66. The Morgan fingerprint density at radius 2 is 1.93 bits per heavy atom. The summed E-state index contributed by atoms with van der Waals surface area (Å²) in [7, 11) is 0. The second-order valence-electron chi connectivity index (χ2n) is 6.68. The lowest BCUT2D eigenvalue weighted by atomic mass is 9.99. The van der Waals surface area contributed by atoms with Crippen molar-refractivity contribution in [3.63, 3.8) is 0 Å². The first-order valence-electron chi connectivity index (χ1n) is 8.74. The second-order valence-corrected chi connectivity index (χ2v) is 7.08. The maximum absolute atomic E-state index is 13.1. The van der Waals surface area contributed by atoms with Crippen molar-refractivity contribution >= 4 is 17.3 Å². The molecular formula is C21H19ClFN3O. The van der Waals surface area contributed by atoms with Gasteiger partial charge in [-0.2, -0.15) is 0 Å². The van der Waals surface area contributed by atoms with Gasteiger partial charge in [-0.3, -0.25) is 4.90 Å². The molecule has 6 heteroatoms. The molecule has 1 aromatic heterocycles. The van der Waals surface area contributed by atoms with Crippen LogP contribution in [0.25, 0.3) is 0 Å². The highest BCUT2D eigenvalue weighted by Gasteiger charge is 2.17. The van der Waals surface area contributed by atoms with E-state index in [1.165, 1.54) is 29.5 Å². The monoisotopic (exact) mass is 383 g/mol. The lowest BCUT2D eigenvalue weighted by Crippen LogP contribution is -2.30. The van der Waals surface area contributed by atoms with Gasteiger partial charge in [0.15, 0.2) is 0 Å². The number of hydrogen-bond donors (Lipinski definition) is 1. The lowest BCUT2D eigenvalue weighted by Gasteiger charge is -2.29. The summed E-state index contributed by atoms with van der Waals surface area (Å²) >= 11 is 6.13. The number of nitrogens with zero attached hydrogens (tertiary/aromatic N) is 2. The van der Waals surface area contributed by atoms with E-state index in [4.69, 9.17) is 22.1 Å². The second kappa shape index (κ2) is 7.55. The Kier molecular flexibility index (Phi) is 4.97. The van der Waals surface area contributed by atoms with Gasteiger partial charge in [-0.15, -0.1) is 0 Å². The molecule has 0 fully saturated rings. The maximum atomic E-state index is 13.1. The Hall–Kier alpha value is -2.63. The number of pyridine rings is 1. The fourth-order valence-electron chi connectivity index (χ4n) is 3.26. The van der Waals surface area contributed by atoms with E-state index in [9.17, 15) is 4.39 Å². The Morgan fingerprint density at radius 1 is 1.11 bits per heavy atom. The molecule has 0 amide bonds. The summed E-state index contributed by atoms with van der Waals surface area (Å²) in [5.41, 5.74) is 9.80. The van der Waals surface area contributed by atoms with E-state index in [1.54, 1.807) is 6.07 Å². The molecule has 0 aliphatic carbocycles. The van der Waals surface area contributed by atoms with Crippen LogP contribution in [0, 0.1) is 5.82 Å². The van der Waals surface area contributed by atoms with Gasteiger partial charge in [0.1, 0.15) is 16.6 Å². The summed E-state index contributed by atoms with van der Waals surface area (Å²) in [4.78, 5) is 6.49. The largest absolute Gasteiger partial charge is 0.438 e. The molecule has 27 heavy (non-hydrogen) atoms. The van der Waals surface area contributed by atoms with E-state index in [1.807, 2.05) is 24.3 Å². The van der Waals surface area contributed by atoms with E-state index in [-0.39, 0.29) is 5.82 Å². The molecule has 3 aromatic rings. The number of benzene rings is 2. The van der Waals surface area contributed by atoms with E-state index < -0.39 is 0 Å². The van der Waals surface area contributed by atoms with Gasteiger partial charge in [-0.25, -0.2) is 9.37 Å². The third-order valence-corrected chi connectivity index (χ3v) is 4.90. The molecular weight excluding hydrogens is 365 g/mol. The highest BCUT2D eigenvalue weighted by atomic mass is 35.5. The van der Waals surface area contributed by atoms with Gasteiger partial charge in [-0.1, -0.05) is 29.8 Å². The van der Waals surface area contributed by atoms with Gasteiger partial charge in [0.2, 0.25) is 5.88 Å². The zero-order chi connectivity index (χ0) is 18.8. The number of nitrogen functional groups attached to an aromatic ring is 1. The highest BCUT2D eigenvalue weighted by Crippen LogP contribution is 2.31. The van der Waals surface area contributed by atoms with Crippen molar-refractivity contribution in [3.8, 4) is 11.6 Å². The minimum Gasteiger partial charge on any atom is -0.438 e. The standard InChI is InChI=1S/C21H19ClFN3O/c22-20-10-18(24)11-25-21(20)27-19-6-3-16-13-26(8-7-15(16)9-19)12-14-1-4-17(23)5-2-14/h1-6,9-11H,7-8,12-13,24H2. The van der Waals surface area contributed by atoms with E-state index in [2.05, 4.69) is 16.0 Å².